The molecule has 2 atom stereocenters. The summed E-state index contributed by atoms with van der Waals surface area (Å²) < 4.78 is 28.2. The Morgan fingerprint density at radius 3 is 2.39 bits per heavy atom. The second-order valence-corrected chi connectivity index (χ2v) is 11.2. The number of primary amides is 1. The Morgan fingerprint density at radius 2 is 1.82 bits per heavy atom. The maximum Gasteiger partial charge on any atom is 0.285 e. The second-order valence-electron chi connectivity index (χ2n) is 10.3. The van der Waals surface area contributed by atoms with Crippen molar-refractivity contribution in [1.82, 2.24) is 10.1 Å². The summed E-state index contributed by atoms with van der Waals surface area (Å²) in [6.07, 6.45) is 2.85. The van der Waals surface area contributed by atoms with Gasteiger partial charge in [-0.15, -0.1) is 5.12 Å². The van der Waals surface area contributed by atoms with Crippen molar-refractivity contribution >= 4 is 35.0 Å². The van der Waals surface area contributed by atoms with Crippen LogP contribution in [0.1, 0.15) is 46.9 Å². The Morgan fingerprint density at radius 1 is 1.13 bits per heavy atom. The predicted molar refractivity (Wildman–Crippen MR) is 139 cm³/mol. The lowest BCUT2D eigenvalue weighted by atomic mass is 9.84. The molecule has 38 heavy (non-hydrogen) atoms. The van der Waals surface area contributed by atoms with Gasteiger partial charge in [0.1, 0.15) is 5.60 Å². The fraction of sp³-hybridized carbons (Fsp3) is 0.321. The summed E-state index contributed by atoms with van der Waals surface area (Å²) in [5, 5.41) is 1.16. The van der Waals surface area contributed by atoms with E-state index >= 15 is 4.48 Å². The quantitative estimate of drug-likeness (QED) is 0.304. The standard InChI is InChI=1S/C28H24Cl2FN3O4/c1-26(14-37-26)28(38-15-27(10-11-27)25(32)36)22-9-8-20(16-2-4-17(29)5-3-16)21(23(22)24(35)34(28)31)12-19-7-6-18(30)13-33-19/h2-9,13H,10-12,14-15H2,1H3,(H2,32,36)/t26?,28-/m1/s1. The normalized spacial score (nSPS) is 24.8. The molecule has 0 spiro atoms. The van der Waals surface area contributed by atoms with Crippen molar-refractivity contribution in [2.24, 2.45) is 11.1 Å². The third-order valence-corrected chi connectivity index (χ3v) is 8.35. The molecule has 1 aromatic heterocycles. The summed E-state index contributed by atoms with van der Waals surface area (Å²) in [6, 6.07) is 14.2. The molecule has 1 saturated heterocycles. The molecule has 1 unspecified atom stereocenters. The molecule has 0 radical (unpaired) electrons. The first-order valence-corrected chi connectivity index (χ1v) is 13.0. The van der Waals surface area contributed by atoms with Crippen molar-refractivity contribution in [2.75, 3.05) is 13.2 Å². The summed E-state index contributed by atoms with van der Waals surface area (Å²) in [6.45, 7) is 1.75. The number of aromatic nitrogens is 1. The van der Waals surface area contributed by atoms with Crippen molar-refractivity contribution < 1.29 is 23.5 Å². The molecule has 2 fully saturated rings. The molecule has 6 rings (SSSR count). The highest BCUT2D eigenvalue weighted by Gasteiger charge is 2.71. The van der Waals surface area contributed by atoms with E-state index in [9.17, 15) is 9.59 Å². The van der Waals surface area contributed by atoms with Gasteiger partial charge in [-0.1, -0.05) is 51.9 Å². The Balaban J connectivity index is 1.53. The third kappa shape index (κ3) is 3.81. The molecule has 2 aliphatic heterocycles. The van der Waals surface area contributed by atoms with E-state index in [0.29, 0.717) is 39.7 Å². The zero-order chi connectivity index (χ0) is 26.9. The fourth-order valence-corrected chi connectivity index (χ4v) is 5.47. The van der Waals surface area contributed by atoms with E-state index < -0.39 is 28.6 Å². The van der Waals surface area contributed by atoms with Crippen LogP contribution in [-0.2, 0) is 26.4 Å². The highest BCUT2D eigenvalue weighted by molar-refractivity contribution is 6.30. The van der Waals surface area contributed by atoms with Crippen LogP contribution >= 0.6 is 23.2 Å². The first kappa shape index (κ1) is 25.2. The minimum atomic E-state index is -1.87. The van der Waals surface area contributed by atoms with Crippen molar-refractivity contribution in [2.45, 2.75) is 37.5 Å². The number of halogens is 3. The maximum atomic E-state index is 16.2. The highest BCUT2D eigenvalue weighted by Crippen LogP contribution is 2.58. The van der Waals surface area contributed by atoms with Gasteiger partial charge in [-0.05, 0) is 60.7 Å². The zero-order valence-electron chi connectivity index (χ0n) is 20.5. The topological polar surface area (TPSA) is 98.0 Å². The van der Waals surface area contributed by atoms with Gasteiger partial charge in [-0.25, -0.2) is 0 Å². The first-order chi connectivity index (χ1) is 18.1. The minimum Gasteiger partial charge on any atom is -0.369 e. The van der Waals surface area contributed by atoms with Gasteiger partial charge in [0.2, 0.25) is 11.6 Å². The molecule has 2 amide bonds. The largest absolute Gasteiger partial charge is 0.369 e. The lowest BCUT2D eigenvalue weighted by Gasteiger charge is -2.37. The van der Waals surface area contributed by atoms with E-state index in [0.717, 1.165) is 11.1 Å². The molecule has 2 N–H and O–H groups in total. The smallest absolute Gasteiger partial charge is 0.285 e. The number of carbonyl (C=O) groups excluding carboxylic acids is 2. The van der Waals surface area contributed by atoms with Crippen LogP contribution in [0, 0.1) is 5.41 Å². The number of amides is 2. The van der Waals surface area contributed by atoms with Gasteiger partial charge in [0.05, 0.1) is 29.2 Å². The number of epoxide rings is 1. The van der Waals surface area contributed by atoms with Gasteiger partial charge in [0, 0.05) is 28.9 Å². The summed E-state index contributed by atoms with van der Waals surface area (Å²) >= 11 is 12.2. The lowest BCUT2D eigenvalue weighted by molar-refractivity contribution is -0.243. The zero-order valence-corrected chi connectivity index (χ0v) is 22.0. The SMILES string of the molecule is CC1([C@]2(OCC3(C(N)=O)CC3)c3ccc(-c4ccc(Cl)cc4)c(Cc4ccc(Cl)cn4)c3C(=O)N2F)CO1. The number of benzene rings is 2. The van der Waals surface area contributed by atoms with Crippen LogP contribution in [0.2, 0.25) is 10.0 Å². The van der Waals surface area contributed by atoms with Crippen LogP contribution < -0.4 is 5.73 Å². The van der Waals surface area contributed by atoms with Crippen LogP contribution in [0.25, 0.3) is 11.1 Å². The Hall–Kier alpha value is -3.04. The van der Waals surface area contributed by atoms with E-state index in [1.54, 1.807) is 37.3 Å². The number of carbonyl (C=O) groups is 2. The lowest BCUT2D eigenvalue weighted by Crippen LogP contribution is -2.53. The van der Waals surface area contributed by atoms with Crippen molar-refractivity contribution in [3.63, 3.8) is 0 Å². The molecule has 3 heterocycles. The number of pyridine rings is 1. The van der Waals surface area contributed by atoms with Gasteiger partial charge in [-0.2, -0.15) is 0 Å². The van der Waals surface area contributed by atoms with Crippen LogP contribution in [0.4, 0.5) is 4.48 Å². The molecule has 0 bridgehead atoms. The number of rotatable bonds is 8. The van der Waals surface area contributed by atoms with Crippen molar-refractivity contribution in [3.8, 4) is 11.1 Å². The molecule has 1 aliphatic carbocycles. The number of hydrogen-bond donors (Lipinski definition) is 1. The number of ether oxygens (including phenoxy) is 2. The summed E-state index contributed by atoms with van der Waals surface area (Å²) in [5.41, 5.74) is 5.00. The molecular weight excluding hydrogens is 532 g/mol. The molecule has 3 aromatic rings. The monoisotopic (exact) mass is 555 g/mol. The van der Waals surface area contributed by atoms with Gasteiger partial charge in [0.25, 0.3) is 5.91 Å². The highest BCUT2D eigenvalue weighted by atomic mass is 35.5. The van der Waals surface area contributed by atoms with Gasteiger partial charge >= 0.3 is 0 Å². The van der Waals surface area contributed by atoms with Crippen molar-refractivity contribution in [1.29, 1.82) is 0 Å². The maximum absolute atomic E-state index is 16.2. The second kappa shape index (κ2) is 8.74. The Bertz CT molecular complexity index is 1460. The van der Waals surface area contributed by atoms with Crippen molar-refractivity contribution in [3.05, 3.63) is 87.2 Å². The Labute approximate surface area is 228 Å². The molecule has 10 heteroatoms. The number of fused-ring (bicyclic) bond motifs is 1. The Kier molecular flexibility index (Phi) is 5.81. The fourth-order valence-electron chi connectivity index (χ4n) is 5.24. The first-order valence-electron chi connectivity index (χ1n) is 12.2. The number of nitrogens with two attached hydrogens (primary N) is 1. The molecule has 7 nitrogen and oxygen atoms in total. The van der Waals surface area contributed by atoms with Gasteiger partial charge < -0.3 is 15.2 Å². The molecule has 196 valence electrons. The van der Waals surface area contributed by atoms with Crippen LogP contribution in [0.5, 0.6) is 0 Å². The van der Waals surface area contributed by atoms with E-state index in [4.69, 9.17) is 38.4 Å². The minimum absolute atomic E-state index is 0.117. The third-order valence-electron chi connectivity index (χ3n) is 7.88. The van der Waals surface area contributed by atoms with Crippen LogP contribution in [0.3, 0.4) is 0 Å². The van der Waals surface area contributed by atoms with E-state index in [-0.39, 0.29) is 30.3 Å². The van der Waals surface area contributed by atoms with Gasteiger partial charge in [0.15, 0.2) is 0 Å². The van der Waals surface area contributed by atoms with Crippen LogP contribution in [0.15, 0.2) is 54.7 Å². The number of hydrogen-bond acceptors (Lipinski definition) is 5. The summed E-state index contributed by atoms with van der Waals surface area (Å²) in [4.78, 5) is 30.2. The van der Waals surface area contributed by atoms with Crippen LogP contribution in [-0.4, -0.2) is 40.7 Å². The molecular formula is C28H24Cl2FN3O4. The average molecular weight is 556 g/mol. The van der Waals surface area contributed by atoms with E-state index in [1.165, 1.54) is 6.20 Å². The predicted octanol–water partition coefficient (Wildman–Crippen LogP) is 5.21. The van der Waals surface area contributed by atoms with Gasteiger partial charge in [-0.3, -0.25) is 14.6 Å². The average Bonchev–Trinajstić information content (AvgIpc) is 3.83. The van der Waals surface area contributed by atoms with E-state index in [2.05, 4.69) is 4.98 Å². The molecule has 1 saturated carbocycles. The molecule has 3 aliphatic rings. The molecule has 2 aromatic carbocycles. The van der Waals surface area contributed by atoms with E-state index in [1.807, 2.05) is 18.2 Å². The summed E-state index contributed by atoms with van der Waals surface area (Å²) in [7, 11) is 0. The summed E-state index contributed by atoms with van der Waals surface area (Å²) in [5.74, 6) is -1.35. The number of nitrogens with zero attached hydrogens (tertiary/aromatic N) is 2.